The third kappa shape index (κ3) is 69.2. The lowest BCUT2D eigenvalue weighted by Gasteiger charge is -2.21. The lowest BCUT2D eigenvalue weighted by molar-refractivity contribution is -0.161. The molecule has 6 atom stereocenters. The van der Waals surface area contributed by atoms with Crippen LogP contribution in [0.5, 0.6) is 0 Å². The van der Waals surface area contributed by atoms with Crippen LogP contribution in [-0.4, -0.2) is 96.7 Å². The van der Waals surface area contributed by atoms with Gasteiger partial charge in [0.25, 0.3) is 0 Å². The standard InChI is InChI=1S/C77H150O17P2/c1-9-70(8)56-48-40-31-27-28-34-44-52-60-77(82)94-73(64-88-75(80)58-50-42-36-35-39-47-55-69(6)7)66-92-96(85,86)90-62-71(78)61-89-95(83,84)91-65-72(63-87-74(79)57-49-41-32-25-21-17-14-13-16-20-24-30-38-46-54-68(4)5)93-76(81)59-51-43-33-26-22-18-12-10-11-15-19-23-29-37-45-53-67(2)3/h67-73,78H,9-66H2,1-8H3,(H,83,84)(H,85,86)/t70?,71-,72-,73-/m1/s1. The Morgan fingerprint density at radius 3 is 0.740 bits per heavy atom. The topological polar surface area (TPSA) is 237 Å². The summed E-state index contributed by atoms with van der Waals surface area (Å²) in [4.78, 5) is 72.8. The lowest BCUT2D eigenvalue weighted by atomic mass is 9.99. The maximum absolute atomic E-state index is 13.1. The fourth-order valence-corrected chi connectivity index (χ4v) is 13.3. The molecular weight excluding hydrogens is 1260 g/mol. The summed E-state index contributed by atoms with van der Waals surface area (Å²) in [5.74, 6) is 0.928. The van der Waals surface area contributed by atoms with Gasteiger partial charge in [0.05, 0.1) is 26.4 Å². The summed E-state index contributed by atoms with van der Waals surface area (Å²) in [6.07, 6.45) is 51.5. The summed E-state index contributed by atoms with van der Waals surface area (Å²) < 4.78 is 68.5. The van der Waals surface area contributed by atoms with E-state index in [1.54, 1.807) is 0 Å². The fourth-order valence-electron chi connectivity index (χ4n) is 11.7. The Labute approximate surface area is 588 Å². The number of ether oxygens (including phenoxy) is 4. The van der Waals surface area contributed by atoms with Gasteiger partial charge in [-0.05, 0) is 49.4 Å². The Bertz CT molecular complexity index is 1890. The van der Waals surface area contributed by atoms with Crippen molar-refractivity contribution in [3.05, 3.63) is 0 Å². The summed E-state index contributed by atoms with van der Waals surface area (Å²) >= 11 is 0. The molecular formula is C77H150O17P2. The number of carbonyl (C=O) groups is 4. The van der Waals surface area contributed by atoms with Gasteiger partial charge >= 0.3 is 39.5 Å². The SMILES string of the molecule is CCC(C)CCCCCCCCCCC(=O)O[C@H](COC(=O)CCCCCCCCC(C)C)COP(=O)(O)OC[C@H](O)COP(=O)(O)OC[C@@H](COC(=O)CCCCCCCCCCCCCCCCC(C)C)OC(=O)CCCCCCCCCCCCCCCCCC(C)C. The van der Waals surface area contributed by atoms with Crippen molar-refractivity contribution in [2.75, 3.05) is 39.6 Å². The van der Waals surface area contributed by atoms with Gasteiger partial charge < -0.3 is 33.8 Å². The van der Waals surface area contributed by atoms with E-state index in [-0.39, 0.29) is 25.7 Å². The first-order chi connectivity index (χ1) is 46.1. The minimum Gasteiger partial charge on any atom is -0.462 e. The molecule has 0 aliphatic carbocycles. The molecule has 0 amide bonds. The molecule has 0 aromatic heterocycles. The van der Waals surface area contributed by atoms with Gasteiger partial charge in [-0.15, -0.1) is 0 Å². The van der Waals surface area contributed by atoms with Crippen molar-refractivity contribution in [3.8, 4) is 0 Å². The first-order valence-electron chi connectivity index (χ1n) is 39.7. The van der Waals surface area contributed by atoms with Crippen LogP contribution in [0.15, 0.2) is 0 Å². The number of phosphoric ester groups is 2. The number of hydrogen-bond acceptors (Lipinski definition) is 15. The van der Waals surface area contributed by atoms with Gasteiger partial charge in [0.1, 0.15) is 19.3 Å². The van der Waals surface area contributed by atoms with Gasteiger partial charge in [-0.2, -0.15) is 0 Å². The number of phosphoric acid groups is 2. The van der Waals surface area contributed by atoms with E-state index in [0.717, 1.165) is 114 Å². The number of aliphatic hydroxyl groups excluding tert-OH is 1. The summed E-state index contributed by atoms with van der Waals surface area (Å²) in [6.45, 7) is 14.2. The highest BCUT2D eigenvalue weighted by Crippen LogP contribution is 2.45. The lowest BCUT2D eigenvalue weighted by Crippen LogP contribution is -2.30. The molecule has 0 aromatic rings. The van der Waals surface area contributed by atoms with Crippen LogP contribution in [0.3, 0.4) is 0 Å². The molecule has 0 radical (unpaired) electrons. The minimum absolute atomic E-state index is 0.104. The molecule has 19 heteroatoms. The van der Waals surface area contributed by atoms with Crippen LogP contribution in [-0.2, 0) is 65.4 Å². The summed E-state index contributed by atoms with van der Waals surface area (Å²) in [7, 11) is -9.91. The van der Waals surface area contributed by atoms with E-state index < -0.39 is 97.5 Å². The molecule has 3 N–H and O–H groups in total. The van der Waals surface area contributed by atoms with E-state index in [2.05, 4.69) is 55.4 Å². The molecule has 0 aliphatic heterocycles. The first kappa shape index (κ1) is 94.1. The van der Waals surface area contributed by atoms with Crippen molar-refractivity contribution >= 4 is 39.5 Å². The highest BCUT2D eigenvalue weighted by molar-refractivity contribution is 7.47. The molecule has 0 aromatic carbocycles. The average Bonchev–Trinajstić information content (AvgIpc) is 1.17. The van der Waals surface area contributed by atoms with Gasteiger partial charge in [-0.25, -0.2) is 9.13 Å². The summed E-state index contributed by atoms with van der Waals surface area (Å²) in [6, 6.07) is 0. The predicted molar refractivity (Wildman–Crippen MR) is 391 cm³/mol. The predicted octanol–water partition coefficient (Wildman–Crippen LogP) is 22.4. The zero-order chi connectivity index (χ0) is 71.0. The van der Waals surface area contributed by atoms with E-state index in [4.69, 9.17) is 37.0 Å². The number of aliphatic hydroxyl groups is 1. The van der Waals surface area contributed by atoms with Gasteiger partial charge in [-0.3, -0.25) is 37.3 Å². The molecule has 0 bridgehead atoms. The highest BCUT2D eigenvalue weighted by atomic mass is 31.2. The van der Waals surface area contributed by atoms with Crippen molar-refractivity contribution in [1.29, 1.82) is 0 Å². The average molecular weight is 1410 g/mol. The normalized spacial score (nSPS) is 14.4. The van der Waals surface area contributed by atoms with E-state index in [1.807, 2.05) is 0 Å². The van der Waals surface area contributed by atoms with Crippen LogP contribution in [0.25, 0.3) is 0 Å². The largest absolute Gasteiger partial charge is 0.472 e. The zero-order valence-corrected chi connectivity index (χ0v) is 64.8. The number of esters is 4. The Morgan fingerprint density at radius 2 is 0.500 bits per heavy atom. The van der Waals surface area contributed by atoms with Crippen LogP contribution in [0, 0.1) is 23.7 Å². The van der Waals surface area contributed by atoms with Crippen molar-refractivity contribution in [2.45, 2.75) is 408 Å². The van der Waals surface area contributed by atoms with Gasteiger partial charge in [0, 0.05) is 25.7 Å². The van der Waals surface area contributed by atoms with Crippen molar-refractivity contribution in [2.24, 2.45) is 23.7 Å². The smallest absolute Gasteiger partial charge is 0.462 e. The quantitative estimate of drug-likeness (QED) is 0.0222. The number of rotatable bonds is 74. The molecule has 0 saturated heterocycles. The molecule has 96 heavy (non-hydrogen) atoms. The maximum atomic E-state index is 13.1. The van der Waals surface area contributed by atoms with Crippen LogP contribution >= 0.6 is 15.6 Å². The van der Waals surface area contributed by atoms with Crippen LogP contribution < -0.4 is 0 Å². The van der Waals surface area contributed by atoms with E-state index in [9.17, 15) is 43.2 Å². The molecule has 0 spiro atoms. The van der Waals surface area contributed by atoms with Crippen molar-refractivity contribution in [3.63, 3.8) is 0 Å². The maximum Gasteiger partial charge on any atom is 0.472 e. The molecule has 0 heterocycles. The minimum atomic E-state index is -4.96. The van der Waals surface area contributed by atoms with Gasteiger partial charge in [-0.1, -0.05) is 338 Å². The monoisotopic (exact) mass is 1410 g/mol. The molecule has 0 saturated carbocycles. The number of carbonyl (C=O) groups excluding carboxylic acids is 4. The first-order valence-corrected chi connectivity index (χ1v) is 42.7. The van der Waals surface area contributed by atoms with Crippen LogP contribution in [0.2, 0.25) is 0 Å². The molecule has 0 fully saturated rings. The Hall–Kier alpha value is -1.94. The van der Waals surface area contributed by atoms with Crippen molar-refractivity contribution in [1.82, 2.24) is 0 Å². The van der Waals surface area contributed by atoms with Crippen LogP contribution in [0.4, 0.5) is 0 Å². The second-order valence-corrected chi connectivity index (χ2v) is 32.3. The van der Waals surface area contributed by atoms with Crippen LogP contribution in [0.1, 0.15) is 389 Å². The van der Waals surface area contributed by atoms with E-state index in [0.29, 0.717) is 31.6 Å². The van der Waals surface area contributed by atoms with Crippen molar-refractivity contribution < 1.29 is 80.2 Å². The molecule has 3 unspecified atom stereocenters. The zero-order valence-electron chi connectivity index (χ0n) is 63.0. The molecule has 17 nitrogen and oxygen atoms in total. The molecule has 0 rings (SSSR count). The third-order valence-corrected chi connectivity index (χ3v) is 20.1. The number of hydrogen-bond donors (Lipinski definition) is 3. The van der Waals surface area contributed by atoms with E-state index in [1.165, 1.54) is 186 Å². The molecule has 0 aliphatic rings. The Kier molecular flexibility index (Phi) is 65.0. The molecule has 570 valence electrons. The number of unbranched alkanes of at least 4 members (excludes halogenated alkanes) is 39. The van der Waals surface area contributed by atoms with Gasteiger partial charge in [0.15, 0.2) is 12.2 Å². The second kappa shape index (κ2) is 66.3. The Balaban J connectivity index is 5.23. The van der Waals surface area contributed by atoms with E-state index >= 15 is 0 Å². The Morgan fingerprint density at radius 1 is 0.292 bits per heavy atom. The fraction of sp³-hybridized carbons (Fsp3) is 0.948. The van der Waals surface area contributed by atoms with Gasteiger partial charge in [0.2, 0.25) is 0 Å². The second-order valence-electron chi connectivity index (χ2n) is 29.4. The third-order valence-electron chi connectivity index (χ3n) is 18.2. The highest BCUT2D eigenvalue weighted by Gasteiger charge is 2.30. The summed E-state index contributed by atoms with van der Waals surface area (Å²) in [5, 5.41) is 10.6. The summed E-state index contributed by atoms with van der Waals surface area (Å²) in [5.41, 5.74) is 0.